The molecule has 0 aliphatic rings. The summed E-state index contributed by atoms with van der Waals surface area (Å²) in [5, 5.41) is 4.82. The summed E-state index contributed by atoms with van der Waals surface area (Å²) in [5.74, 6) is 1.88. The molecule has 0 saturated carbocycles. The molecule has 9 rings (SSSR count). The van der Waals surface area contributed by atoms with Gasteiger partial charge >= 0.3 is 0 Å². The molecule has 3 heterocycles. The predicted octanol–water partition coefficient (Wildman–Crippen LogP) is 11.5. The van der Waals surface area contributed by atoms with Crippen LogP contribution in [0.1, 0.15) is 12.7 Å². The van der Waals surface area contributed by atoms with Crippen LogP contribution < -0.4 is 0 Å². The Hall–Kier alpha value is -6.85. The first-order valence-corrected chi connectivity index (χ1v) is 17.1. The number of allylic oxidation sites excluding steroid dienone is 5. The van der Waals surface area contributed by atoms with E-state index < -0.39 is 0 Å². The summed E-state index contributed by atoms with van der Waals surface area (Å²) in [6, 6.07) is 52.7. The number of fused-ring (bicyclic) bond motifs is 6. The summed E-state index contributed by atoms with van der Waals surface area (Å²) >= 11 is 0. The van der Waals surface area contributed by atoms with Crippen LogP contribution in [-0.4, -0.2) is 24.1 Å². The molecule has 5 heteroatoms. The van der Waals surface area contributed by atoms with Crippen LogP contribution in [-0.2, 0) is 0 Å². The van der Waals surface area contributed by atoms with Crippen LogP contribution in [0, 0.1) is 0 Å². The maximum atomic E-state index is 5.00. The summed E-state index contributed by atoms with van der Waals surface area (Å²) in [4.78, 5) is 14.9. The van der Waals surface area contributed by atoms with Gasteiger partial charge in [0.2, 0.25) is 0 Å². The van der Waals surface area contributed by atoms with E-state index in [0.29, 0.717) is 17.5 Å². The Kier molecular flexibility index (Phi) is 7.44. The van der Waals surface area contributed by atoms with Crippen LogP contribution in [0.4, 0.5) is 0 Å². The zero-order valence-electron chi connectivity index (χ0n) is 28.1. The van der Waals surface area contributed by atoms with Gasteiger partial charge in [0.1, 0.15) is 0 Å². The number of hydrogen-bond donors (Lipinski definition) is 0. The Morgan fingerprint density at radius 3 is 1.69 bits per heavy atom. The number of aromatic nitrogens is 5. The van der Waals surface area contributed by atoms with Gasteiger partial charge in [-0.2, -0.15) is 0 Å². The molecular weight excluding hydrogens is 623 g/mol. The summed E-state index contributed by atoms with van der Waals surface area (Å²) in [5.41, 5.74) is 9.41. The highest BCUT2D eigenvalue weighted by Crippen LogP contribution is 2.40. The molecule has 51 heavy (non-hydrogen) atoms. The van der Waals surface area contributed by atoms with E-state index in [1.807, 2.05) is 66.7 Å². The summed E-state index contributed by atoms with van der Waals surface area (Å²) in [6.07, 6.45) is 6.06. The van der Waals surface area contributed by atoms with Gasteiger partial charge < -0.3 is 9.13 Å². The average molecular weight is 656 g/mol. The molecule has 0 amide bonds. The maximum Gasteiger partial charge on any atom is 0.164 e. The highest BCUT2D eigenvalue weighted by atomic mass is 15.0. The third-order valence-corrected chi connectivity index (χ3v) is 9.44. The number of benzene rings is 6. The topological polar surface area (TPSA) is 48.5 Å². The van der Waals surface area contributed by atoms with Gasteiger partial charge in [-0.15, -0.1) is 0 Å². The quantitative estimate of drug-likeness (QED) is 0.161. The molecule has 242 valence electrons. The monoisotopic (exact) mass is 655 g/mol. The molecule has 6 aromatic carbocycles. The zero-order chi connectivity index (χ0) is 34.3. The minimum Gasteiger partial charge on any atom is -0.309 e. The average Bonchev–Trinajstić information content (AvgIpc) is 3.69. The van der Waals surface area contributed by atoms with Gasteiger partial charge in [0.15, 0.2) is 17.5 Å². The van der Waals surface area contributed by atoms with Gasteiger partial charge in [0.25, 0.3) is 0 Å². The van der Waals surface area contributed by atoms with Crippen LogP contribution in [0.3, 0.4) is 0 Å². The van der Waals surface area contributed by atoms with E-state index in [2.05, 4.69) is 126 Å². The largest absolute Gasteiger partial charge is 0.309 e. The van der Waals surface area contributed by atoms with Crippen molar-refractivity contribution < 1.29 is 0 Å². The molecule has 0 atom stereocenters. The number of hydrogen-bond acceptors (Lipinski definition) is 3. The van der Waals surface area contributed by atoms with Crippen molar-refractivity contribution in [2.24, 2.45) is 0 Å². The zero-order valence-corrected chi connectivity index (χ0v) is 28.1. The number of para-hydroxylation sites is 3. The first-order valence-electron chi connectivity index (χ1n) is 17.1. The smallest absolute Gasteiger partial charge is 0.164 e. The molecule has 0 radical (unpaired) electrons. The van der Waals surface area contributed by atoms with Crippen molar-refractivity contribution in [3.8, 4) is 28.5 Å². The van der Waals surface area contributed by atoms with Gasteiger partial charge in [-0.05, 0) is 61.0 Å². The summed E-state index contributed by atoms with van der Waals surface area (Å²) in [6.45, 7) is 6.19. The van der Waals surface area contributed by atoms with E-state index >= 15 is 0 Å². The highest BCUT2D eigenvalue weighted by molar-refractivity contribution is 6.19. The Morgan fingerprint density at radius 2 is 1.06 bits per heavy atom. The van der Waals surface area contributed by atoms with E-state index in [4.69, 9.17) is 15.0 Å². The van der Waals surface area contributed by atoms with Gasteiger partial charge in [0.05, 0.1) is 22.1 Å². The van der Waals surface area contributed by atoms with Crippen LogP contribution >= 0.6 is 0 Å². The number of rotatable bonds is 7. The summed E-state index contributed by atoms with van der Waals surface area (Å²) in [7, 11) is 0. The second kappa shape index (κ2) is 12.6. The lowest BCUT2D eigenvalue weighted by Crippen LogP contribution is -2.03. The first kappa shape index (κ1) is 30.2. The molecule has 0 bridgehead atoms. The van der Waals surface area contributed by atoms with E-state index in [0.717, 1.165) is 44.6 Å². The predicted molar refractivity (Wildman–Crippen MR) is 213 cm³/mol. The lowest BCUT2D eigenvalue weighted by molar-refractivity contribution is 1.03. The van der Waals surface area contributed by atoms with Crippen molar-refractivity contribution in [3.05, 3.63) is 182 Å². The van der Waals surface area contributed by atoms with E-state index in [9.17, 15) is 0 Å². The van der Waals surface area contributed by atoms with Crippen molar-refractivity contribution in [2.45, 2.75) is 6.92 Å². The van der Waals surface area contributed by atoms with Crippen molar-refractivity contribution in [1.82, 2.24) is 24.1 Å². The molecule has 0 N–H and O–H groups in total. The van der Waals surface area contributed by atoms with Gasteiger partial charge in [0, 0.05) is 44.1 Å². The fourth-order valence-electron chi connectivity index (χ4n) is 7.14. The lowest BCUT2D eigenvalue weighted by Gasteiger charge is -2.12. The standard InChI is InChI=1S/C46H33N5/c1-3-17-35(28-31(2)44-47-45(32-18-7-4-8-19-32)49-46(48-44)33-20-9-5-10-21-33)51-41-27-16-14-25-37(41)39-29-38-36-24-13-15-26-40(36)50(42(38)30-43(39)51)34-22-11-6-12-23-34/h3-30H,1H2,2H3/b31-28+,35-17+. The molecular formula is C46H33N5. The third-order valence-electron chi connectivity index (χ3n) is 9.44. The Morgan fingerprint density at radius 1 is 0.529 bits per heavy atom. The maximum absolute atomic E-state index is 5.00. The Balaban J connectivity index is 1.29. The van der Waals surface area contributed by atoms with Gasteiger partial charge in [-0.1, -0.05) is 128 Å². The first-order chi connectivity index (χ1) is 25.2. The second-order valence-corrected chi connectivity index (χ2v) is 12.6. The molecule has 5 nitrogen and oxygen atoms in total. The van der Waals surface area contributed by atoms with E-state index in [-0.39, 0.29) is 0 Å². The molecule has 0 fully saturated rings. The Labute approximate surface area is 295 Å². The fraction of sp³-hybridized carbons (Fsp3) is 0.0217. The van der Waals surface area contributed by atoms with Gasteiger partial charge in [-0.3, -0.25) is 0 Å². The van der Waals surface area contributed by atoms with Crippen molar-refractivity contribution in [1.29, 1.82) is 0 Å². The van der Waals surface area contributed by atoms with Crippen molar-refractivity contribution in [2.75, 3.05) is 0 Å². The van der Waals surface area contributed by atoms with E-state index in [1.54, 1.807) is 0 Å². The van der Waals surface area contributed by atoms with Crippen LogP contribution in [0.5, 0.6) is 0 Å². The van der Waals surface area contributed by atoms with Crippen molar-refractivity contribution in [3.63, 3.8) is 0 Å². The van der Waals surface area contributed by atoms with Gasteiger partial charge in [-0.25, -0.2) is 15.0 Å². The van der Waals surface area contributed by atoms with Crippen LogP contribution in [0.25, 0.3) is 83.3 Å². The van der Waals surface area contributed by atoms with E-state index in [1.165, 1.54) is 27.1 Å². The third kappa shape index (κ3) is 5.23. The lowest BCUT2D eigenvalue weighted by atomic mass is 10.1. The minimum absolute atomic E-state index is 0.616. The second-order valence-electron chi connectivity index (χ2n) is 12.6. The normalized spacial score (nSPS) is 12.3. The molecule has 3 aromatic heterocycles. The molecule has 9 aromatic rings. The fourth-order valence-corrected chi connectivity index (χ4v) is 7.14. The highest BCUT2D eigenvalue weighted by Gasteiger charge is 2.19. The molecule has 0 spiro atoms. The minimum atomic E-state index is 0.616. The SMILES string of the molecule is C=C/C=C(\C=C(/C)c1nc(-c2ccccc2)nc(-c2ccccc2)n1)n1c2ccccc2c2cc3c4ccccc4n(-c4ccccc4)c3cc21. The van der Waals surface area contributed by atoms with Crippen molar-refractivity contribution >= 4 is 54.9 Å². The molecule has 0 unspecified atom stereocenters. The van der Waals surface area contributed by atoms with Crippen LogP contribution in [0.15, 0.2) is 176 Å². The summed E-state index contributed by atoms with van der Waals surface area (Å²) < 4.78 is 4.70. The van der Waals surface area contributed by atoms with Crippen LogP contribution in [0.2, 0.25) is 0 Å². The molecule has 0 aliphatic carbocycles. The Bertz CT molecular complexity index is 2750. The molecule has 0 saturated heterocycles. The molecule has 0 aliphatic heterocycles. The number of nitrogens with zero attached hydrogens (tertiary/aromatic N) is 5.